The normalized spacial score (nSPS) is 11.9. The van der Waals surface area contributed by atoms with Crippen molar-refractivity contribution in [1.82, 2.24) is 19.9 Å². The van der Waals surface area contributed by atoms with Crippen LogP contribution < -0.4 is 14.2 Å². The van der Waals surface area contributed by atoms with Crippen LogP contribution in [0.25, 0.3) is 0 Å². The van der Waals surface area contributed by atoms with Gasteiger partial charge in [0.2, 0.25) is 0 Å². The molecule has 0 aliphatic carbocycles. The molecule has 91 heavy (non-hydrogen) atoms. The van der Waals surface area contributed by atoms with Crippen molar-refractivity contribution in [1.29, 1.82) is 0 Å². The Bertz CT molecular complexity index is 1960. The number of aliphatic imine (C=N–C) groups is 3. The van der Waals surface area contributed by atoms with Gasteiger partial charge in [-0.05, 0) is 76.4 Å². The van der Waals surface area contributed by atoms with Gasteiger partial charge in [0.15, 0.2) is 0 Å². The zero-order valence-corrected chi connectivity index (χ0v) is 60.4. The van der Waals surface area contributed by atoms with Crippen LogP contribution in [0.5, 0.6) is 17.2 Å². The third-order valence-electron chi connectivity index (χ3n) is 18.1. The summed E-state index contributed by atoms with van der Waals surface area (Å²) in [6.07, 6.45) is 71.0. The summed E-state index contributed by atoms with van der Waals surface area (Å²) in [5.41, 5.74) is 5.28. The third-order valence-corrected chi connectivity index (χ3v) is 18.1. The van der Waals surface area contributed by atoms with Crippen molar-refractivity contribution in [2.24, 2.45) is 15.0 Å². The Morgan fingerprint density at radius 2 is 0.462 bits per heavy atom. The van der Waals surface area contributed by atoms with E-state index in [2.05, 4.69) is 43.9 Å². The number of aryl methyl sites for hydroxylation is 3. The lowest BCUT2D eigenvalue weighted by molar-refractivity contribution is 0.297. The molecule has 0 N–H and O–H groups in total. The summed E-state index contributed by atoms with van der Waals surface area (Å²) in [4.78, 5) is 31.8. The van der Waals surface area contributed by atoms with E-state index in [9.17, 15) is 0 Å². The van der Waals surface area contributed by atoms with Crippen LogP contribution in [-0.2, 0) is 0 Å². The summed E-state index contributed by atoms with van der Waals surface area (Å²) in [5.74, 6) is 2.44. The van der Waals surface area contributed by atoms with Gasteiger partial charge in [-0.2, -0.15) is 0 Å². The molecule has 0 radical (unpaired) electrons. The Morgan fingerprint density at radius 3 is 0.659 bits per heavy atom. The molecule has 10 heteroatoms. The lowest BCUT2D eigenvalue weighted by atomic mass is 10.0. The molecule has 0 saturated heterocycles. The van der Waals surface area contributed by atoms with E-state index in [-0.39, 0.29) is 0 Å². The Balaban J connectivity index is 1.48. The number of hydrogen-bond acceptors (Lipinski definition) is 10. The van der Waals surface area contributed by atoms with Crippen LogP contribution in [-0.4, -0.2) is 97.6 Å². The third kappa shape index (κ3) is 47.4. The smallest absolute Gasteiger partial charge is 0.146 e. The van der Waals surface area contributed by atoms with Crippen molar-refractivity contribution in [2.75, 3.05) is 59.1 Å². The Hall–Kier alpha value is -4.18. The maximum atomic E-state index is 6.34. The highest BCUT2D eigenvalue weighted by Crippen LogP contribution is 2.22. The Morgan fingerprint density at radius 1 is 0.275 bits per heavy atom. The van der Waals surface area contributed by atoms with E-state index in [1.54, 1.807) is 0 Å². The SMILES string of the molecule is CCCCCCCCCCCCCCCCCCOc1ccc(C)nc1C=NCCN(CCN=Cc1nc(C)ccc1OCCCCCCCCCCCCCCCCCC)CCN=Cc1nc(C)ccc1OCCCCCCCCCCCCCCCCCC. The monoisotopic (exact) mass is 1260 g/mol. The maximum absolute atomic E-state index is 6.34. The quantitative estimate of drug-likeness (QED) is 0.0409. The van der Waals surface area contributed by atoms with Crippen molar-refractivity contribution >= 4 is 18.6 Å². The highest BCUT2D eigenvalue weighted by atomic mass is 16.5. The number of pyridine rings is 3. The van der Waals surface area contributed by atoms with Gasteiger partial charge in [0.1, 0.15) is 34.3 Å². The summed E-state index contributed by atoms with van der Waals surface area (Å²) < 4.78 is 19.0. The van der Waals surface area contributed by atoms with E-state index < -0.39 is 0 Å². The number of nitrogens with zero attached hydrogens (tertiary/aromatic N) is 7. The fourth-order valence-corrected chi connectivity index (χ4v) is 12.2. The molecule has 518 valence electrons. The highest BCUT2D eigenvalue weighted by molar-refractivity contribution is 5.82. The standard InChI is InChI=1S/C81H141N7O3/c1-7-10-13-16-19-22-25-28-31-34-37-40-43-46-49-52-67-89-79-58-55-73(4)85-76(79)70-82-61-64-88(65-62-83-71-77-80(59-56-74(5)86-77)90-68-53-50-47-44-41-38-35-32-29-26-23-20-17-14-11-8-2)66-63-84-72-78-81(60-57-75(6)87-78)91-69-54-51-48-45-42-39-36-33-30-27-24-21-18-15-12-9-3/h55-60,70-72H,7-54,61-69H2,1-6H3. The van der Waals surface area contributed by atoms with Gasteiger partial charge in [-0.3, -0.25) is 19.9 Å². The van der Waals surface area contributed by atoms with Crippen molar-refractivity contribution in [3.63, 3.8) is 0 Å². The first-order valence-corrected chi connectivity index (χ1v) is 39.0. The van der Waals surface area contributed by atoms with E-state index in [4.69, 9.17) is 44.1 Å². The molecule has 0 amide bonds. The molecule has 3 heterocycles. The molecule has 0 aliphatic rings. The van der Waals surface area contributed by atoms with Crippen LogP contribution in [0, 0.1) is 20.8 Å². The molecule has 0 fully saturated rings. The Labute approximate surface area is 561 Å². The van der Waals surface area contributed by atoms with E-state index in [0.29, 0.717) is 39.5 Å². The zero-order valence-electron chi connectivity index (χ0n) is 60.4. The topological polar surface area (TPSA) is 107 Å². The molecule has 3 rings (SSSR count). The van der Waals surface area contributed by atoms with Gasteiger partial charge in [-0.25, -0.2) is 15.0 Å². The summed E-state index contributed by atoms with van der Waals surface area (Å²) in [6.45, 7) is 19.2. The van der Waals surface area contributed by atoms with Crippen molar-refractivity contribution in [2.45, 2.75) is 350 Å². The van der Waals surface area contributed by atoms with E-state index >= 15 is 0 Å². The molecule has 3 aromatic heterocycles. The fraction of sp³-hybridized carbons (Fsp3) is 0.778. The van der Waals surface area contributed by atoms with E-state index in [0.717, 1.165) is 90.3 Å². The van der Waals surface area contributed by atoms with Crippen LogP contribution in [0.1, 0.15) is 363 Å². The van der Waals surface area contributed by atoms with Gasteiger partial charge in [0.25, 0.3) is 0 Å². The van der Waals surface area contributed by atoms with Crippen LogP contribution >= 0.6 is 0 Å². The number of rotatable bonds is 66. The second-order valence-electron chi connectivity index (χ2n) is 26.9. The molecule has 0 aromatic carbocycles. The number of aromatic nitrogens is 3. The summed E-state index contributed by atoms with van der Waals surface area (Å²) in [7, 11) is 0. The van der Waals surface area contributed by atoms with Gasteiger partial charge in [0.05, 0.1) is 58.1 Å². The molecule has 10 nitrogen and oxygen atoms in total. The summed E-state index contributed by atoms with van der Waals surface area (Å²) in [5, 5.41) is 0. The lowest BCUT2D eigenvalue weighted by Gasteiger charge is -2.19. The average Bonchev–Trinajstić information content (AvgIpc) is 2.55. The van der Waals surface area contributed by atoms with Crippen LogP contribution in [0.4, 0.5) is 0 Å². The van der Waals surface area contributed by atoms with Gasteiger partial charge >= 0.3 is 0 Å². The fourth-order valence-electron chi connectivity index (χ4n) is 12.2. The second-order valence-corrected chi connectivity index (χ2v) is 26.9. The minimum Gasteiger partial charge on any atom is -0.491 e. The van der Waals surface area contributed by atoms with Gasteiger partial charge in [-0.15, -0.1) is 0 Å². The van der Waals surface area contributed by atoms with Crippen molar-refractivity contribution < 1.29 is 14.2 Å². The first-order chi connectivity index (χ1) is 44.9. The van der Waals surface area contributed by atoms with Crippen molar-refractivity contribution in [3.8, 4) is 17.2 Å². The molecule has 0 spiro atoms. The number of ether oxygens (including phenoxy) is 3. The maximum Gasteiger partial charge on any atom is 0.146 e. The minimum atomic E-state index is 0.620. The van der Waals surface area contributed by atoms with E-state index in [1.807, 2.05) is 57.6 Å². The molecular formula is C81H141N7O3. The zero-order chi connectivity index (χ0) is 64.8. The molecule has 0 unspecified atom stereocenters. The molecular weight excluding hydrogens is 1120 g/mol. The predicted molar refractivity (Wildman–Crippen MR) is 396 cm³/mol. The lowest BCUT2D eigenvalue weighted by Crippen LogP contribution is -2.31. The average molecular weight is 1260 g/mol. The van der Waals surface area contributed by atoms with E-state index in [1.165, 1.54) is 289 Å². The largest absolute Gasteiger partial charge is 0.491 e. The van der Waals surface area contributed by atoms with Gasteiger partial charge in [0, 0.05) is 36.7 Å². The molecule has 3 aromatic rings. The van der Waals surface area contributed by atoms with Gasteiger partial charge < -0.3 is 14.2 Å². The summed E-state index contributed by atoms with van der Waals surface area (Å²) >= 11 is 0. The highest BCUT2D eigenvalue weighted by Gasteiger charge is 2.10. The second kappa shape index (κ2) is 60.7. The molecule has 0 bridgehead atoms. The Kier molecular flexibility index (Phi) is 54.1. The minimum absolute atomic E-state index is 0.620. The first-order valence-electron chi connectivity index (χ1n) is 39.0. The van der Waals surface area contributed by atoms with Crippen molar-refractivity contribution in [3.05, 3.63) is 70.6 Å². The van der Waals surface area contributed by atoms with Crippen LogP contribution in [0.3, 0.4) is 0 Å². The summed E-state index contributed by atoms with van der Waals surface area (Å²) in [6, 6.07) is 12.3. The molecule has 0 saturated carbocycles. The van der Waals surface area contributed by atoms with Crippen LogP contribution in [0.2, 0.25) is 0 Å². The number of unbranched alkanes of at least 4 members (excludes halogenated alkanes) is 45. The van der Waals surface area contributed by atoms with Gasteiger partial charge in [-0.1, -0.05) is 310 Å². The number of hydrogen-bond donors (Lipinski definition) is 0. The molecule has 0 aliphatic heterocycles. The predicted octanol–water partition coefficient (Wildman–Crippen LogP) is 23.7. The molecule has 0 atom stereocenters. The first kappa shape index (κ1) is 81.1. The van der Waals surface area contributed by atoms with Crippen LogP contribution in [0.15, 0.2) is 51.4 Å².